The van der Waals surface area contributed by atoms with Crippen molar-refractivity contribution in [1.29, 1.82) is 0 Å². The zero-order valence-electron chi connectivity index (χ0n) is 16.3. The number of aliphatic hydroxyl groups is 2. The summed E-state index contributed by atoms with van der Waals surface area (Å²) in [6, 6.07) is 0. The summed E-state index contributed by atoms with van der Waals surface area (Å²) in [7, 11) is 0. The minimum absolute atomic E-state index is 0.140. The highest BCUT2D eigenvalue weighted by Crippen LogP contribution is 2.33. The Labute approximate surface area is 153 Å². The first-order valence-electron chi connectivity index (χ1n) is 9.44. The predicted octanol–water partition coefficient (Wildman–Crippen LogP) is 4.92. The van der Waals surface area contributed by atoms with Gasteiger partial charge in [0.15, 0.2) is 5.79 Å². The molecule has 2 unspecified atom stereocenters. The van der Waals surface area contributed by atoms with Crippen LogP contribution in [0.1, 0.15) is 59.8 Å². The van der Waals surface area contributed by atoms with E-state index in [4.69, 9.17) is 4.74 Å². The highest BCUT2D eigenvalue weighted by molar-refractivity contribution is 5.08. The zero-order chi connectivity index (χ0) is 18.9. The molecule has 25 heavy (non-hydrogen) atoms. The maximum absolute atomic E-state index is 10.2. The molecule has 1 fully saturated rings. The summed E-state index contributed by atoms with van der Waals surface area (Å²) in [4.78, 5) is 0. The average molecular weight is 349 g/mol. The third-order valence-corrected chi connectivity index (χ3v) is 4.93. The predicted molar refractivity (Wildman–Crippen MR) is 105 cm³/mol. The van der Waals surface area contributed by atoms with Gasteiger partial charge < -0.3 is 14.9 Å². The van der Waals surface area contributed by atoms with Crippen molar-refractivity contribution in [3.8, 4) is 0 Å². The molecule has 1 aliphatic heterocycles. The first-order chi connectivity index (χ1) is 11.8. The summed E-state index contributed by atoms with van der Waals surface area (Å²) in [6.45, 7) is 11.6. The molecule has 1 rings (SSSR count). The Morgan fingerprint density at radius 3 is 2.72 bits per heavy atom. The van der Waals surface area contributed by atoms with Gasteiger partial charge in [-0.3, -0.25) is 0 Å². The van der Waals surface area contributed by atoms with Gasteiger partial charge in [-0.05, 0) is 45.4 Å². The molecular formula is C22H36O3. The second-order valence-corrected chi connectivity index (χ2v) is 7.53. The quantitative estimate of drug-likeness (QED) is 0.353. The van der Waals surface area contributed by atoms with Crippen LogP contribution >= 0.6 is 0 Å². The summed E-state index contributed by atoms with van der Waals surface area (Å²) in [5, 5.41) is 20.2. The third-order valence-electron chi connectivity index (χ3n) is 4.93. The number of unbranched alkanes of at least 4 members (excludes halogenated alkanes) is 1. The van der Waals surface area contributed by atoms with Gasteiger partial charge in [0.2, 0.25) is 0 Å². The van der Waals surface area contributed by atoms with E-state index in [9.17, 15) is 10.2 Å². The van der Waals surface area contributed by atoms with E-state index in [1.807, 2.05) is 25.2 Å². The molecule has 3 nitrogen and oxygen atoms in total. The Morgan fingerprint density at radius 2 is 2.08 bits per heavy atom. The fraction of sp³-hybridized carbons (Fsp3) is 0.636. The Morgan fingerprint density at radius 1 is 1.36 bits per heavy atom. The lowest BCUT2D eigenvalue weighted by Crippen LogP contribution is -2.50. The van der Waals surface area contributed by atoms with Crippen LogP contribution in [0, 0.1) is 11.8 Å². The van der Waals surface area contributed by atoms with Gasteiger partial charge in [-0.25, -0.2) is 0 Å². The fourth-order valence-electron chi connectivity index (χ4n) is 3.14. The van der Waals surface area contributed by atoms with Crippen LogP contribution in [0.15, 0.2) is 48.6 Å². The lowest BCUT2D eigenvalue weighted by Gasteiger charge is -2.42. The van der Waals surface area contributed by atoms with Gasteiger partial charge in [-0.15, -0.1) is 6.58 Å². The molecule has 0 aliphatic carbocycles. The first-order valence-corrected chi connectivity index (χ1v) is 9.44. The Kier molecular flexibility index (Phi) is 9.41. The van der Waals surface area contributed by atoms with Crippen LogP contribution in [-0.2, 0) is 4.74 Å². The van der Waals surface area contributed by atoms with E-state index in [1.165, 1.54) is 5.57 Å². The number of hydrogen-bond donors (Lipinski definition) is 2. The van der Waals surface area contributed by atoms with Crippen LogP contribution in [0.5, 0.6) is 0 Å². The van der Waals surface area contributed by atoms with E-state index in [2.05, 4.69) is 38.7 Å². The number of aliphatic hydroxyl groups excluding tert-OH is 1. The highest BCUT2D eigenvalue weighted by atomic mass is 16.6. The summed E-state index contributed by atoms with van der Waals surface area (Å²) in [6.07, 6.45) is 16.4. The molecule has 0 spiro atoms. The molecule has 1 aliphatic rings. The normalized spacial score (nSPS) is 32.4. The topological polar surface area (TPSA) is 49.7 Å². The molecule has 0 aromatic heterocycles. The van der Waals surface area contributed by atoms with E-state index in [0.717, 1.165) is 19.3 Å². The van der Waals surface area contributed by atoms with Crippen molar-refractivity contribution in [2.45, 2.75) is 77.8 Å². The van der Waals surface area contributed by atoms with Gasteiger partial charge in [0.25, 0.3) is 0 Å². The van der Waals surface area contributed by atoms with Gasteiger partial charge in [0.1, 0.15) is 0 Å². The minimum Gasteiger partial charge on any atom is -0.393 e. The zero-order valence-corrected chi connectivity index (χ0v) is 16.3. The highest BCUT2D eigenvalue weighted by Gasteiger charge is 2.42. The van der Waals surface area contributed by atoms with E-state index in [1.54, 1.807) is 6.92 Å². The van der Waals surface area contributed by atoms with Crippen molar-refractivity contribution in [3.63, 3.8) is 0 Å². The van der Waals surface area contributed by atoms with E-state index >= 15 is 0 Å². The number of rotatable bonds is 9. The molecule has 0 aromatic rings. The second kappa shape index (κ2) is 10.7. The number of ether oxygens (including phenoxy) is 1. The van der Waals surface area contributed by atoms with Gasteiger partial charge >= 0.3 is 0 Å². The maximum Gasteiger partial charge on any atom is 0.168 e. The lowest BCUT2D eigenvalue weighted by molar-refractivity contribution is -0.290. The smallest absolute Gasteiger partial charge is 0.168 e. The lowest BCUT2D eigenvalue weighted by atomic mass is 9.87. The molecule has 2 N–H and O–H groups in total. The van der Waals surface area contributed by atoms with Gasteiger partial charge in [0, 0.05) is 12.3 Å². The van der Waals surface area contributed by atoms with Crippen LogP contribution in [0.3, 0.4) is 0 Å². The van der Waals surface area contributed by atoms with Gasteiger partial charge in [0.05, 0.1) is 12.2 Å². The van der Waals surface area contributed by atoms with E-state index < -0.39 is 11.9 Å². The van der Waals surface area contributed by atoms with Crippen LogP contribution < -0.4 is 0 Å². The molecule has 142 valence electrons. The molecule has 0 amide bonds. The summed E-state index contributed by atoms with van der Waals surface area (Å²) >= 11 is 0. The molecule has 0 saturated carbocycles. The van der Waals surface area contributed by atoms with Crippen LogP contribution in [0.4, 0.5) is 0 Å². The largest absolute Gasteiger partial charge is 0.393 e. The maximum atomic E-state index is 10.2. The number of allylic oxidation sites excluding steroid dienone is 6. The molecule has 0 radical (unpaired) electrons. The van der Waals surface area contributed by atoms with Gasteiger partial charge in [-0.1, -0.05) is 55.9 Å². The molecular weight excluding hydrogens is 312 g/mol. The molecule has 5 atom stereocenters. The molecule has 3 heteroatoms. The van der Waals surface area contributed by atoms with Crippen molar-refractivity contribution in [2.75, 3.05) is 0 Å². The molecule has 0 aromatic carbocycles. The van der Waals surface area contributed by atoms with Crippen molar-refractivity contribution in [1.82, 2.24) is 0 Å². The Balaban J connectivity index is 2.36. The molecule has 1 saturated heterocycles. The van der Waals surface area contributed by atoms with Gasteiger partial charge in [-0.2, -0.15) is 0 Å². The minimum atomic E-state index is -1.25. The summed E-state index contributed by atoms with van der Waals surface area (Å²) in [5.41, 5.74) is 1.42. The van der Waals surface area contributed by atoms with Crippen LogP contribution in [-0.4, -0.2) is 28.2 Å². The van der Waals surface area contributed by atoms with Crippen molar-refractivity contribution in [3.05, 3.63) is 48.6 Å². The standard InChI is InChI=1S/C22H36O3/c1-6-7-9-12-17(2)15-18(3)13-10-8-11-14-20-16-21(23)19(4)22(5,24)25-20/h6,8,10-13,18-21,23-24H,1,7,9,14-16H2,2-5H3/b11-8+,13-10+,17-12+/t18-,19?,20+,21?,22-/m1/s1. The SMILES string of the molecule is C=CCC/C=C(\C)C[C@H](C)/C=C/C=C/C[C@H]1CC(O)C(C)[C@](C)(O)O1. The molecule has 0 bridgehead atoms. The third kappa shape index (κ3) is 8.17. The van der Waals surface area contributed by atoms with Crippen LogP contribution in [0.2, 0.25) is 0 Å². The van der Waals surface area contributed by atoms with Crippen molar-refractivity contribution >= 4 is 0 Å². The second-order valence-electron chi connectivity index (χ2n) is 7.53. The monoisotopic (exact) mass is 348 g/mol. The first kappa shape index (κ1) is 21.9. The van der Waals surface area contributed by atoms with E-state index in [-0.39, 0.29) is 12.0 Å². The van der Waals surface area contributed by atoms with Crippen LogP contribution in [0.25, 0.3) is 0 Å². The summed E-state index contributed by atoms with van der Waals surface area (Å²) < 4.78 is 5.69. The molecule has 1 heterocycles. The van der Waals surface area contributed by atoms with Crippen molar-refractivity contribution < 1.29 is 14.9 Å². The number of hydrogen-bond acceptors (Lipinski definition) is 3. The Bertz CT molecular complexity index is 488. The fourth-order valence-corrected chi connectivity index (χ4v) is 3.14. The Hall–Kier alpha value is -1.16. The van der Waals surface area contributed by atoms with Crippen molar-refractivity contribution in [2.24, 2.45) is 11.8 Å². The average Bonchev–Trinajstić information content (AvgIpc) is 2.52. The summed E-state index contributed by atoms with van der Waals surface area (Å²) in [5.74, 6) is -1.02. The van der Waals surface area contributed by atoms with E-state index in [0.29, 0.717) is 18.8 Å².